The smallest absolute Gasteiger partial charge is 0.268 e. The van der Waals surface area contributed by atoms with Gasteiger partial charge in [0.25, 0.3) is 5.91 Å². The minimum Gasteiger partial charge on any atom is -0.390 e. The number of aliphatic hydroxyl groups is 1. The van der Waals surface area contributed by atoms with Gasteiger partial charge in [0.15, 0.2) is 0 Å². The van der Waals surface area contributed by atoms with Crippen molar-refractivity contribution in [3.63, 3.8) is 0 Å². The fraction of sp³-hybridized carbons (Fsp3) is 0.400. The molecule has 1 unspecified atom stereocenters. The predicted molar refractivity (Wildman–Crippen MR) is 138 cm³/mol. The van der Waals surface area contributed by atoms with Crippen molar-refractivity contribution in [3.8, 4) is 0 Å². The minimum atomic E-state index is -0.747. The Balaban J connectivity index is 1.71. The van der Waals surface area contributed by atoms with Gasteiger partial charge in [-0.1, -0.05) is 48.7 Å². The van der Waals surface area contributed by atoms with Crippen LogP contribution in [-0.2, 0) is 12.8 Å². The highest BCUT2D eigenvalue weighted by Crippen LogP contribution is 2.37. The molecule has 0 saturated carbocycles. The van der Waals surface area contributed by atoms with Crippen LogP contribution in [0.2, 0.25) is 5.02 Å². The summed E-state index contributed by atoms with van der Waals surface area (Å²) in [5.41, 5.74) is 4.90. The van der Waals surface area contributed by atoms with Crippen LogP contribution in [-0.4, -0.2) is 47.1 Å². The van der Waals surface area contributed by atoms with E-state index in [9.17, 15) is 9.90 Å². The normalized spacial score (nSPS) is 17.3. The number of carbonyl (C=O) groups is 1. The Kier molecular flexibility index (Phi) is 7.54. The predicted octanol–water partition coefficient (Wildman–Crippen LogP) is 4.41. The third-order valence-corrected chi connectivity index (χ3v) is 7.44. The number of nitrogens with zero attached hydrogens (tertiary/aromatic N) is 1. The second-order valence-corrected chi connectivity index (χ2v) is 9.85. The van der Waals surface area contributed by atoms with Gasteiger partial charge in [-0.15, -0.1) is 0 Å². The zero-order valence-corrected chi connectivity index (χ0v) is 20.8. The summed E-state index contributed by atoms with van der Waals surface area (Å²) >= 11 is 7.82. The maximum Gasteiger partial charge on any atom is 0.268 e. The maximum absolute atomic E-state index is 13.6. The third-order valence-electron chi connectivity index (χ3n) is 6.19. The van der Waals surface area contributed by atoms with Crippen LogP contribution in [0.15, 0.2) is 42.5 Å². The van der Waals surface area contributed by atoms with E-state index in [1.807, 2.05) is 30.3 Å². The van der Waals surface area contributed by atoms with Crippen LogP contribution in [0, 0.1) is 0 Å². The molecule has 3 aromatic rings. The van der Waals surface area contributed by atoms with E-state index >= 15 is 0 Å². The molecule has 4 rings (SSSR count). The molecule has 0 radical (unpaired) electrons. The first kappa shape index (κ1) is 24.0. The van der Waals surface area contributed by atoms with E-state index < -0.39 is 12.1 Å². The van der Waals surface area contributed by atoms with E-state index in [-0.39, 0.29) is 11.9 Å². The van der Waals surface area contributed by atoms with E-state index in [1.54, 1.807) is 19.0 Å². The van der Waals surface area contributed by atoms with Crippen LogP contribution in [0.4, 0.5) is 5.69 Å². The molecule has 176 valence electrons. The lowest BCUT2D eigenvalue weighted by Gasteiger charge is -2.25. The Bertz CT molecular complexity index is 1150. The quantitative estimate of drug-likeness (QED) is 0.355. The molecule has 1 aliphatic heterocycles. The zero-order chi connectivity index (χ0) is 23.5. The van der Waals surface area contributed by atoms with Crippen molar-refractivity contribution in [1.29, 1.82) is 0 Å². The van der Waals surface area contributed by atoms with Gasteiger partial charge in [0, 0.05) is 28.7 Å². The number of aromatic nitrogens is 1. The number of amides is 1. The zero-order valence-electron chi connectivity index (χ0n) is 19.2. The molecule has 0 saturated heterocycles. The number of likely N-dealkylation sites (N-methyl/N-ethyl adjacent to an activating group) is 1. The summed E-state index contributed by atoms with van der Waals surface area (Å²) < 4.78 is 5.59. The van der Waals surface area contributed by atoms with Crippen molar-refractivity contribution in [3.05, 3.63) is 64.3 Å². The lowest BCUT2D eigenvalue weighted by Crippen LogP contribution is -2.48. The highest BCUT2D eigenvalue weighted by molar-refractivity contribution is 8.00. The van der Waals surface area contributed by atoms with Gasteiger partial charge in [-0.2, -0.15) is 0 Å². The Hall–Kier alpha value is -2.19. The Morgan fingerprint density at radius 2 is 2.15 bits per heavy atom. The summed E-state index contributed by atoms with van der Waals surface area (Å²) in [5.74, 6) is 0.661. The molecule has 2 aromatic carbocycles. The molecule has 0 bridgehead atoms. The Morgan fingerprint density at radius 3 is 2.88 bits per heavy atom. The van der Waals surface area contributed by atoms with Crippen molar-refractivity contribution in [1.82, 2.24) is 15.2 Å². The van der Waals surface area contributed by atoms with Gasteiger partial charge in [-0.05, 0) is 62.2 Å². The number of benzene rings is 2. The molecule has 0 fully saturated rings. The van der Waals surface area contributed by atoms with E-state index in [0.29, 0.717) is 23.7 Å². The average molecular weight is 487 g/mol. The molecule has 1 aromatic heterocycles. The SMILES string of the molecule is CCc1ccc2c3c1cc(C(=O)N[C@@H](Cc1cccc(Cl)c1)[C@H](O)CNC)n3C(C)CSN2. The number of nitrogens with one attached hydrogen (secondary N) is 3. The van der Waals surface area contributed by atoms with Crippen molar-refractivity contribution in [2.24, 2.45) is 0 Å². The van der Waals surface area contributed by atoms with Gasteiger partial charge in [0.2, 0.25) is 0 Å². The number of hydrogen-bond donors (Lipinski definition) is 4. The first-order chi connectivity index (χ1) is 15.9. The summed E-state index contributed by atoms with van der Waals surface area (Å²) in [6, 6.07) is 13.4. The van der Waals surface area contributed by atoms with Gasteiger partial charge < -0.3 is 25.0 Å². The summed E-state index contributed by atoms with van der Waals surface area (Å²) in [7, 11) is 1.79. The van der Waals surface area contributed by atoms with Gasteiger partial charge in [-0.3, -0.25) is 4.79 Å². The number of carbonyl (C=O) groups excluding carboxylic acids is 1. The monoisotopic (exact) mass is 486 g/mol. The van der Waals surface area contributed by atoms with E-state index in [4.69, 9.17) is 11.6 Å². The second kappa shape index (κ2) is 10.4. The molecule has 2 heterocycles. The largest absolute Gasteiger partial charge is 0.390 e. The number of anilines is 1. The molecule has 0 spiro atoms. The average Bonchev–Trinajstić information content (AvgIpc) is 3.12. The molecule has 0 aliphatic carbocycles. The summed E-state index contributed by atoms with van der Waals surface area (Å²) in [5, 5.41) is 18.7. The van der Waals surface area contributed by atoms with Crippen LogP contribution in [0.5, 0.6) is 0 Å². The number of hydrogen-bond acceptors (Lipinski definition) is 5. The molecule has 6 nitrogen and oxygen atoms in total. The third kappa shape index (κ3) is 5.01. The lowest BCUT2D eigenvalue weighted by atomic mass is 10.0. The standard InChI is InChI=1S/C25H31ClN4O2S/c1-4-17-8-9-20-24-19(17)12-22(30(24)15(2)14-33-29-20)25(32)28-21(23(31)13-27-3)11-16-6-5-7-18(26)10-16/h5-10,12,15,21,23,27,29,31H,4,11,13-14H2,1-3H3,(H,28,32)/t15?,21-,23+/m0/s1. The summed E-state index contributed by atoms with van der Waals surface area (Å²) in [4.78, 5) is 13.6. The van der Waals surface area contributed by atoms with Crippen LogP contribution in [0.1, 0.15) is 41.5 Å². The minimum absolute atomic E-state index is 0.141. The van der Waals surface area contributed by atoms with E-state index in [1.165, 1.54) is 5.56 Å². The first-order valence-corrected chi connectivity index (χ1v) is 12.7. The van der Waals surface area contributed by atoms with Gasteiger partial charge in [0.1, 0.15) is 5.69 Å². The van der Waals surface area contributed by atoms with Crippen molar-refractivity contribution in [2.75, 3.05) is 24.1 Å². The highest BCUT2D eigenvalue weighted by atomic mass is 35.5. The van der Waals surface area contributed by atoms with Crippen LogP contribution >= 0.6 is 23.5 Å². The van der Waals surface area contributed by atoms with E-state index in [2.05, 4.69) is 45.9 Å². The van der Waals surface area contributed by atoms with Crippen molar-refractivity contribution in [2.45, 2.75) is 44.9 Å². The fourth-order valence-electron chi connectivity index (χ4n) is 4.53. The number of halogens is 1. The molecule has 1 amide bonds. The van der Waals surface area contributed by atoms with Gasteiger partial charge in [0.05, 0.1) is 23.3 Å². The second-order valence-electron chi connectivity index (χ2n) is 8.59. The van der Waals surface area contributed by atoms with Gasteiger partial charge >= 0.3 is 0 Å². The summed E-state index contributed by atoms with van der Waals surface area (Å²) in [6.07, 6.45) is 0.623. The molecule has 33 heavy (non-hydrogen) atoms. The fourth-order valence-corrected chi connectivity index (χ4v) is 5.54. The highest BCUT2D eigenvalue weighted by Gasteiger charge is 2.28. The first-order valence-electron chi connectivity index (χ1n) is 11.4. The maximum atomic E-state index is 13.6. The Morgan fingerprint density at radius 1 is 1.33 bits per heavy atom. The van der Waals surface area contributed by atoms with Crippen LogP contribution in [0.25, 0.3) is 10.9 Å². The summed E-state index contributed by atoms with van der Waals surface area (Å²) in [6.45, 7) is 4.64. The van der Waals surface area contributed by atoms with Crippen molar-refractivity contribution < 1.29 is 9.90 Å². The Labute approximate surface area is 204 Å². The number of aryl methyl sites for hydroxylation is 1. The molecule has 4 N–H and O–H groups in total. The number of aliphatic hydroxyl groups excluding tert-OH is 1. The van der Waals surface area contributed by atoms with E-state index in [0.717, 1.165) is 34.3 Å². The number of rotatable bonds is 8. The van der Waals surface area contributed by atoms with Crippen LogP contribution < -0.4 is 15.4 Å². The van der Waals surface area contributed by atoms with Crippen LogP contribution in [0.3, 0.4) is 0 Å². The topological polar surface area (TPSA) is 78.3 Å². The molecular formula is C25H31ClN4O2S. The molecule has 8 heteroatoms. The van der Waals surface area contributed by atoms with Gasteiger partial charge in [-0.25, -0.2) is 0 Å². The molecule has 3 atom stereocenters. The molecule has 1 aliphatic rings. The lowest BCUT2D eigenvalue weighted by molar-refractivity contribution is 0.0825. The molecular weight excluding hydrogens is 456 g/mol. The van der Waals surface area contributed by atoms with Crippen molar-refractivity contribution >= 4 is 46.0 Å².